The van der Waals surface area contributed by atoms with Gasteiger partial charge in [0.1, 0.15) is 5.69 Å². The molecule has 0 fully saturated rings. The summed E-state index contributed by atoms with van der Waals surface area (Å²) in [7, 11) is 0. The molecule has 0 aromatic heterocycles. The molecule has 0 spiro atoms. The highest BCUT2D eigenvalue weighted by Crippen LogP contribution is 2.25. The molecule has 0 aliphatic carbocycles. The van der Waals surface area contributed by atoms with E-state index in [4.69, 9.17) is 5.26 Å². The molecule has 21 heavy (non-hydrogen) atoms. The maximum absolute atomic E-state index is 11.6. The number of carbonyl (C=O) groups is 2. The van der Waals surface area contributed by atoms with E-state index >= 15 is 0 Å². The summed E-state index contributed by atoms with van der Waals surface area (Å²) in [6.45, 7) is 1.87. The molecule has 1 N–H and O–H groups in total. The molecule has 0 saturated carbocycles. The number of nitrogens with one attached hydrogen (secondary N) is 1. The zero-order valence-corrected chi connectivity index (χ0v) is 11.3. The zero-order chi connectivity index (χ0) is 15.8. The summed E-state index contributed by atoms with van der Waals surface area (Å²) in [4.78, 5) is 33.0. The number of carbonyl (C=O) groups excluding carboxylic acids is 2. The second-order valence-electron chi connectivity index (χ2n) is 3.95. The van der Waals surface area contributed by atoms with E-state index in [0.29, 0.717) is 0 Å². The number of nitro benzene ring substituents is 1. The molecule has 1 aromatic carbocycles. The molecule has 1 rings (SSSR count). The summed E-state index contributed by atoms with van der Waals surface area (Å²) in [6, 6.07) is 5.48. The third-order valence-corrected chi connectivity index (χ3v) is 2.46. The maximum Gasteiger partial charge on any atom is 0.306 e. The van der Waals surface area contributed by atoms with Crippen LogP contribution in [-0.2, 0) is 14.3 Å². The lowest BCUT2D eigenvalue weighted by Gasteiger charge is -2.06. The second kappa shape index (κ2) is 7.59. The van der Waals surface area contributed by atoms with Gasteiger partial charge in [-0.15, -0.1) is 0 Å². The van der Waals surface area contributed by atoms with Crippen molar-refractivity contribution in [3.05, 3.63) is 33.9 Å². The third-order valence-electron chi connectivity index (χ3n) is 2.46. The van der Waals surface area contributed by atoms with E-state index in [1.54, 1.807) is 13.0 Å². The number of hydrogen-bond donors (Lipinski definition) is 1. The summed E-state index contributed by atoms with van der Waals surface area (Å²) in [5.41, 5.74) is -0.280. The van der Waals surface area contributed by atoms with E-state index in [0.717, 1.165) is 6.07 Å². The number of rotatable bonds is 6. The average molecular weight is 291 g/mol. The summed E-state index contributed by atoms with van der Waals surface area (Å²) >= 11 is 0. The Hall–Kier alpha value is -2.95. The minimum Gasteiger partial charge on any atom is -0.466 e. The van der Waals surface area contributed by atoms with Crippen molar-refractivity contribution in [3.63, 3.8) is 0 Å². The molecule has 1 amide bonds. The minimum absolute atomic E-state index is 0.0205. The predicted molar refractivity (Wildman–Crippen MR) is 72.3 cm³/mol. The number of nitro groups is 1. The summed E-state index contributed by atoms with van der Waals surface area (Å²) in [6.07, 6.45) is -0.250. The Bertz CT molecular complexity index is 606. The molecule has 1 aromatic rings. The van der Waals surface area contributed by atoms with Crippen molar-refractivity contribution in [2.75, 3.05) is 11.9 Å². The number of hydrogen-bond acceptors (Lipinski definition) is 6. The zero-order valence-electron chi connectivity index (χ0n) is 11.3. The Labute approximate surface area is 120 Å². The van der Waals surface area contributed by atoms with E-state index in [2.05, 4.69) is 10.1 Å². The van der Waals surface area contributed by atoms with Crippen LogP contribution in [-0.4, -0.2) is 23.4 Å². The molecule has 110 valence electrons. The molecule has 8 heteroatoms. The molecule has 0 bridgehead atoms. The van der Waals surface area contributed by atoms with Crippen LogP contribution in [0.2, 0.25) is 0 Å². The highest BCUT2D eigenvalue weighted by molar-refractivity contribution is 5.94. The van der Waals surface area contributed by atoms with Gasteiger partial charge < -0.3 is 10.1 Å². The molecule has 8 nitrogen and oxygen atoms in total. The highest BCUT2D eigenvalue weighted by atomic mass is 16.6. The van der Waals surface area contributed by atoms with Crippen LogP contribution in [0.3, 0.4) is 0 Å². The number of esters is 1. The van der Waals surface area contributed by atoms with Crippen molar-refractivity contribution < 1.29 is 19.2 Å². The van der Waals surface area contributed by atoms with Gasteiger partial charge in [0.15, 0.2) is 0 Å². The quantitative estimate of drug-likeness (QED) is 0.484. The highest BCUT2D eigenvalue weighted by Gasteiger charge is 2.17. The number of nitrogens with zero attached hydrogens (tertiary/aromatic N) is 2. The number of nitriles is 1. The lowest BCUT2D eigenvalue weighted by molar-refractivity contribution is -0.383. The number of amides is 1. The van der Waals surface area contributed by atoms with Gasteiger partial charge >= 0.3 is 5.97 Å². The van der Waals surface area contributed by atoms with Crippen LogP contribution >= 0.6 is 0 Å². The molecular weight excluding hydrogens is 278 g/mol. The van der Waals surface area contributed by atoms with Crippen molar-refractivity contribution in [2.24, 2.45) is 0 Å². The van der Waals surface area contributed by atoms with Gasteiger partial charge in [-0.3, -0.25) is 19.7 Å². The fraction of sp³-hybridized carbons (Fsp3) is 0.308. The molecule has 0 saturated heterocycles. The fourth-order valence-electron chi connectivity index (χ4n) is 1.52. The lowest BCUT2D eigenvalue weighted by Crippen LogP contribution is -2.15. The van der Waals surface area contributed by atoms with Gasteiger partial charge in [-0.25, -0.2) is 0 Å². The lowest BCUT2D eigenvalue weighted by atomic mass is 10.2. The summed E-state index contributed by atoms with van der Waals surface area (Å²) < 4.78 is 4.67. The van der Waals surface area contributed by atoms with Gasteiger partial charge in [0.2, 0.25) is 5.91 Å². The molecule has 0 heterocycles. The number of anilines is 1. The SMILES string of the molecule is CCOC(=O)CCC(=O)Nc1ccc(C#N)cc1[N+](=O)[O-]. The van der Waals surface area contributed by atoms with Crippen molar-refractivity contribution in [2.45, 2.75) is 19.8 Å². The summed E-state index contributed by atoms with van der Waals surface area (Å²) in [5, 5.41) is 21.9. The van der Waals surface area contributed by atoms with Gasteiger partial charge in [-0.05, 0) is 19.1 Å². The Morgan fingerprint density at radius 2 is 2.14 bits per heavy atom. The van der Waals surface area contributed by atoms with Gasteiger partial charge in [0.05, 0.1) is 29.6 Å². The van der Waals surface area contributed by atoms with Gasteiger partial charge in [-0.1, -0.05) is 0 Å². The Morgan fingerprint density at radius 3 is 2.71 bits per heavy atom. The van der Waals surface area contributed by atoms with Crippen molar-refractivity contribution in [1.82, 2.24) is 0 Å². The van der Waals surface area contributed by atoms with Crippen molar-refractivity contribution in [1.29, 1.82) is 5.26 Å². The Balaban J connectivity index is 2.74. The fourth-order valence-corrected chi connectivity index (χ4v) is 1.52. The van der Waals surface area contributed by atoms with Crippen LogP contribution in [0.5, 0.6) is 0 Å². The molecule has 0 unspecified atom stereocenters. The Kier molecular flexibility index (Phi) is 5.82. The van der Waals surface area contributed by atoms with E-state index in [1.807, 2.05) is 0 Å². The van der Waals surface area contributed by atoms with Crippen LogP contribution in [0.4, 0.5) is 11.4 Å². The number of ether oxygens (including phenoxy) is 1. The van der Waals surface area contributed by atoms with Gasteiger partial charge in [0, 0.05) is 12.5 Å². The smallest absolute Gasteiger partial charge is 0.306 e. The normalized spacial score (nSPS) is 9.52. The van der Waals surface area contributed by atoms with E-state index in [1.165, 1.54) is 12.1 Å². The minimum atomic E-state index is -0.693. The molecule has 0 aliphatic rings. The van der Waals surface area contributed by atoms with Gasteiger partial charge in [0.25, 0.3) is 5.69 Å². The van der Waals surface area contributed by atoms with E-state index < -0.39 is 16.8 Å². The molecular formula is C13H13N3O5. The van der Waals surface area contributed by atoms with Crippen LogP contribution in [0.25, 0.3) is 0 Å². The third kappa shape index (κ3) is 4.91. The summed E-state index contributed by atoms with van der Waals surface area (Å²) in [5.74, 6) is -1.06. The first kappa shape index (κ1) is 16.1. The van der Waals surface area contributed by atoms with Crippen LogP contribution in [0.1, 0.15) is 25.3 Å². The predicted octanol–water partition coefficient (Wildman–Crippen LogP) is 1.75. The Morgan fingerprint density at radius 1 is 1.43 bits per heavy atom. The van der Waals surface area contributed by atoms with Crippen LogP contribution in [0.15, 0.2) is 18.2 Å². The largest absolute Gasteiger partial charge is 0.466 e. The topological polar surface area (TPSA) is 122 Å². The first-order valence-corrected chi connectivity index (χ1v) is 6.12. The van der Waals surface area contributed by atoms with Crippen molar-refractivity contribution >= 4 is 23.3 Å². The van der Waals surface area contributed by atoms with Gasteiger partial charge in [-0.2, -0.15) is 5.26 Å². The average Bonchev–Trinajstić information content (AvgIpc) is 2.45. The van der Waals surface area contributed by atoms with Crippen molar-refractivity contribution in [3.8, 4) is 6.07 Å². The van der Waals surface area contributed by atoms with Crippen LogP contribution in [0, 0.1) is 21.4 Å². The standard InChI is InChI=1S/C13H13N3O5/c1-2-21-13(18)6-5-12(17)15-10-4-3-9(8-14)7-11(10)16(19)20/h3-4,7H,2,5-6H2,1H3,(H,15,17). The first-order valence-electron chi connectivity index (χ1n) is 6.12. The first-order chi connectivity index (χ1) is 9.97. The maximum atomic E-state index is 11.6. The second-order valence-corrected chi connectivity index (χ2v) is 3.95. The van der Waals surface area contributed by atoms with Crippen LogP contribution < -0.4 is 5.32 Å². The molecule has 0 atom stereocenters. The van der Waals surface area contributed by atoms with E-state index in [9.17, 15) is 19.7 Å². The van der Waals surface area contributed by atoms with E-state index in [-0.39, 0.29) is 36.4 Å². The molecule has 0 radical (unpaired) electrons. The monoisotopic (exact) mass is 291 g/mol. The number of benzene rings is 1. The molecule has 0 aliphatic heterocycles.